The van der Waals surface area contributed by atoms with E-state index in [-0.39, 0.29) is 17.3 Å². The fourth-order valence-corrected chi connectivity index (χ4v) is 3.01. The Morgan fingerprint density at radius 1 is 1.25 bits per heavy atom. The number of nitrogens with one attached hydrogen (secondary N) is 1. The lowest BCUT2D eigenvalue weighted by molar-refractivity contribution is -0.137. The maximum absolute atomic E-state index is 12.9. The molecule has 7 nitrogen and oxygen atoms in total. The number of carbonyl (C=O) groups is 1. The monoisotopic (exact) mass is 397 g/mol. The predicted octanol–water partition coefficient (Wildman–Crippen LogP) is 2.01. The number of halogens is 3. The highest BCUT2D eigenvalue weighted by Gasteiger charge is 2.31. The van der Waals surface area contributed by atoms with Crippen molar-refractivity contribution in [1.82, 2.24) is 25.3 Å². The van der Waals surface area contributed by atoms with Crippen LogP contribution in [0.5, 0.6) is 0 Å². The molecule has 0 aliphatic carbocycles. The van der Waals surface area contributed by atoms with E-state index in [1.807, 2.05) is 11.9 Å². The van der Waals surface area contributed by atoms with Crippen molar-refractivity contribution >= 4 is 5.91 Å². The molecule has 152 valence electrons. The molecule has 1 aromatic heterocycles. The first-order chi connectivity index (χ1) is 13.4. The molecule has 1 saturated heterocycles. The molecular weight excluding hydrogens is 375 g/mol. The largest absolute Gasteiger partial charge is 0.416 e. The van der Waals surface area contributed by atoms with Crippen molar-refractivity contribution in [2.45, 2.75) is 19.1 Å². The van der Waals surface area contributed by atoms with Crippen LogP contribution in [-0.2, 0) is 17.5 Å². The second-order valence-corrected chi connectivity index (χ2v) is 6.60. The van der Waals surface area contributed by atoms with Gasteiger partial charge in [0.05, 0.1) is 12.1 Å². The molecule has 0 atom stereocenters. The van der Waals surface area contributed by atoms with Crippen molar-refractivity contribution in [2.75, 3.05) is 39.8 Å². The molecular formula is C18H22F3N5O2. The van der Waals surface area contributed by atoms with Crippen LogP contribution in [-0.4, -0.2) is 65.6 Å². The molecule has 1 N–H and O–H groups in total. The number of benzene rings is 1. The summed E-state index contributed by atoms with van der Waals surface area (Å²) in [6.07, 6.45) is -3.95. The Morgan fingerprint density at radius 2 is 2.00 bits per heavy atom. The molecule has 2 heterocycles. The van der Waals surface area contributed by atoms with Gasteiger partial charge in [0, 0.05) is 44.7 Å². The average molecular weight is 397 g/mol. The Morgan fingerprint density at radius 3 is 2.68 bits per heavy atom. The quantitative estimate of drug-likeness (QED) is 0.804. The molecule has 1 aliphatic rings. The van der Waals surface area contributed by atoms with Crippen LogP contribution < -0.4 is 5.32 Å². The summed E-state index contributed by atoms with van der Waals surface area (Å²) in [5.41, 5.74) is -0.500. The minimum atomic E-state index is -4.42. The van der Waals surface area contributed by atoms with Crippen LogP contribution in [0.2, 0.25) is 0 Å². The Bertz CT molecular complexity index is 801. The number of nitrogens with zero attached hydrogens (tertiary/aromatic N) is 4. The van der Waals surface area contributed by atoms with E-state index in [0.29, 0.717) is 51.6 Å². The Hall–Kier alpha value is -2.46. The molecule has 28 heavy (non-hydrogen) atoms. The summed E-state index contributed by atoms with van der Waals surface area (Å²) in [4.78, 5) is 20.1. The molecule has 1 amide bonds. The van der Waals surface area contributed by atoms with E-state index in [1.54, 1.807) is 0 Å². The summed E-state index contributed by atoms with van der Waals surface area (Å²) in [6.45, 7) is 3.64. The van der Waals surface area contributed by atoms with Gasteiger partial charge in [-0.15, -0.1) is 0 Å². The number of piperazine rings is 1. The summed E-state index contributed by atoms with van der Waals surface area (Å²) in [5.74, 6) is 0.586. The van der Waals surface area contributed by atoms with Crippen LogP contribution in [0.25, 0.3) is 11.4 Å². The lowest BCUT2D eigenvalue weighted by atomic mass is 10.1. The number of hydrogen-bond donors (Lipinski definition) is 1. The number of hydrogen-bond acceptors (Lipinski definition) is 6. The predicted molar refractivity (Wildman–Crippen MR) is 95.1 cm³/mol. The number of carbonyl (C=O) groups excluding carboxylic acids is 1. The first kappa shape index (κ1) is 20.3. The molecule has 2 aromatic rings. The average Bonchev–Trinajstić information content (AvgIpc) is 3.14. The van der Waals surface area contributed by atoms with Crippen LogP contribution in [0, 0.1) is 0 Å². The van der Waals surface area contributed by atoms with Gasteiger partial charge in [-0.1, -0.05) is 17.3 Å². The Labute approximate surface area is 160 Å². The van der Waals surface area contributed by atoms with E-state index >= 15 is 0 Å². The molecule has 0 bridgehead atoms. The van der Waals surface area contributed by atoms with E-state index in [2.05, 4.69) is 20.4 Å². The highest BCUT2D eigenvalue weighted by molar-refractivity contribution is 5.76. The highest BCUT2D eigenvalue weighted by Crippen LogP contribution is 2.31. The number of rotatable bonds is 6. The second kappa shape index (κ2) is 8.70. The minimum Gasteiger partial charge on any atom is -0.340 e. The van der Waals surface area contributed by atoms with Gasteiger partial charge in [-0.25, -0.2) is 0 Å². The van der Waals surface area contributed by atoms with E-state index in [4.69, 9.17) is 4.52 Å². The number of aromatic nitrogens is 2. The topological polar surface area (TPSA) is 74.5 Å². The van der Waals surface area contributed by atoms with E-state index in [0.717, 1.165) is 12.1 Å². The molecule has 10 heteroatoms. The fourth-order valence-electron chi connectivity index (χ4n) is 3.01. The molecule has 0 radical (unpaired) electrons. The maximum atomic E-state index is 12.9. The SMILES string of the molecule is CNCCC(=O)N1CCN(Cc2nc(-c3cccc(C(F)(F)F)c3)no2)CC1. The summed E-state index contributed by atoms with van der Waals surface area (Å²) < 4.78 is 43.8. The van der Waals surface area contributed by atoms with E-state index < -0.39 is 11.7 Å². The molecule has 0 unspecified atom stereocenters. The van der Waals surface area contributed by atoms with Gasteiger partial charge in [0.2, 0.25) is 17.6 Å². The zero-order valence-electron chi connectivity index (χ0n) is 15.5. The van der Waals surface area contributed by atoms with Gasteiger partial charge in [-0.2, -0.15) is 18.2 Å². The third-order valence-electron chi connectivity index (χ3n) is 4.59. The molecule has 0 saturated carbocycles. The van der Waals surface area contributed by atoms with Gasteiger partial charge >= 0.3 is 6.18 Å². The normalized spacial score (nSPS) is 15.8. The van der Waals surface area contributed by atoms with E-state index in [1.165, 1.54) is 12.1 Å². The van der Waals surface area contributed by atoms with Gasteiger partial charge in [0.1, 0.15) is 0 Å². The van der Waals surface area contributed by atoms with Crippen molar-refractivity contribution in [1.29, 1.82) is 0 Å². The third kappa shape index (κ3) is 5.08. The van der Waals surface area contributed by atoms with Gasteiger partial charge in [-0.3, -0.25) is 9.69 Å². The zero-order chi connectivity index (χ0) is 20.1. The van der Waals surface area contributed by atoms with Crippen LogP contribution in [0.1, 0.15) is 17.9 Å². The summed E-state index contributed by atoms with van der Waals surface area (Å²) >= 11 is 0. The molecule has 0 spiro atoms. The number of alkyl halides is 3. The molecule has 1 aromatic carbocycles. The lowest BCUT2D eigenvalue weighted by Crippen LogP contribution is -2.48. The number of amides is 1. The van der Waals surface area contributed by atoms with Crippen LogP contribution in [0.3, 0.4) is 0 Å². The van der Waals surface area contributed by atoms with E-state index in [9.17, 15) is 18.0 Å². The van der Waals surface area contributed by atoms with Gasteiger partial charge in [-0.05, 0) is 19.2 Å². The first-order valence-electron chi connectivity index (χ1n) is 9.02. The Balaban J connectivity index is 1.57. The summed E-state index contributed by atoms with van der Waals surface area (Å²) in [5, 5.41) is 6.76. The van der Waals surface area contributed by atoms with Crippen molar-refractivity contribution in [2.24, 2.45) is 0 Å². The standard InChI is InChI=1S/C18H22F3N5O2/c1-22-6-5-16(27)26-9-7-25(8-10-26)12-15-23-17(24-28-15)13-3-2-4-14(11-13)18(19,20)21/h2-4,11,22H,5-10,12H2,1H3. The Kier molecular flexibility index (Phi) is 6.30. The molecule has 1 aliphatic heterocycles. The molecule has 3 rings (SSSR count). The lowest BCUT2D eigenvalue weighted by Gasteiger charge is -2.34. The summed E-state index contributed by atoms with van der Waals surface area (Å²) in [7, 11) is 1.81. The smallest absolute Gasteiger partial charge is 0.340 e. The van der Waals surface area contributed by atoms with Crippen molar-refractivity contribution in [3.05, 3.63) is 35.7 Å². The van der Waals surface area contributed by atoms with Gasteiger partial charge < -0.3 is 14.7 Å². The fraction of sp³-hybridized carbons (Fsp3) is 0.500. The molecule has 1 fully saturated rings. The van der Waals surface area contributed by atoms with Crippen LogP contribution >= 0.6 is 0 Å². The van der Waals surface area contributed by atoms with Crippen LogP contribution in [0.4, 0.5) is 13.2 Å². The minimum absolute atomic E-state index is 0.124. The highest BCUT2D eigenvalue weighted by atomic mass is 19.4. The van der Waals surface area contributed by atoms with Crippen molar-refractivity contribution in [3.63, 3.8) is 0 Å². The second-order valence-electron chi connectivity index (χ2n) is 6.60. The first-order valence-corrected chi connectivity index (χ1v) is 9.02. The van der Waals surface area contributed by atoms with Gasteiger partial charge in [0.25, 0.3) is 0 Å². The maximum Gasteiger partial charge on any atom is 0.416 e. The zero-order valence-corrected chi connectivity index (χ0v) is 15.5. The summed E-state index contributed by atoms with van der Waals surface area (Å²) in [6, 6.07) is 4.84. The van der Waals surface area contributed by atoms with Crippen molar-refractivity contribution in [3.8, 4) is 11.4 Å². The third-order valence-corrected chi connectivity index (χ3v) is 4.59. The van der Waals surface area contributed by atoms with Crippen molar-refractivity contribution < 1.29 is 22.5 Å². The van der Waals surface area contributed by atoms with Crippen LogP contribution in [0.15, 0.2) is 28.8 Å². The van der Waals surface area contributed by atoms with Gasteiger partial charge in [0.15, 0.2) is 0 Å².